The van der Waals surface area contributed by atoms with Crippen LogP contribution in [0.1, 0.15) is 26.5 Å². The van der Waals surface area contributed by atoms with Crippen molar-refractivity contribution >= 4 is 23.0 Å². The van der Waals surface area contributed by atoms with Gasteiger partial charge in [-0.2, -0.15) is 4.98 Å². The maximum Gasteiger partial charge on any atom is 0.280 e. The van der Waals surface area contributed by atoms with Crippen LogP contribution in [0.3, 0.4) is 0 Å². The molecule has 0 saturated carbocycles. The van der Waals surface area contributed by atoms with Gasteiger partial charge < -0.3 is 14.6 Å². The molecule has 3 N–H and O–H groups in total. The standard InChI is InChI=1S/C17H21N5O5/c1-4-5-26-10-6-12(27-11(10)7-23)22-8-18-13-14(22)19-17(21-16(13)25)20-15(24)9(2)3/h1,8-12,23H,5-7H2,2-3H3,(H2,19,20,21,24,25)/t10-,11-,12-/m1/s1. The lowest BCUT2D eigenvalue weighted by Gasteiger charge is -2.15. The van der Waals surface area contributed by atoms with E-state index in [9.17, 15) is 14.7 Å². The first-order chi connectivity index (χ1) is 12.9. The van der Waals surface area contributed by atoms with E-state index < -0.39 is 24.0 Å². The van der Waals surface area contributed by atoms with E-state index in [0.29, 0.717) is 6.42 Å². The highest BCUT2D eigenvalue weighted by atomic mass is 16.6. The van der Waals surface area contributed by atoms with Gasteiger partial charge in [0.15, 0.2) is 11.2 Å². The number of aromatic nitrogens is 4. The minimum atomic E-state index is -0.553. The summed E-state index contributed by atoms with van der Waals surface area (Å²) in [5.74, 6) is 1.87. The average molecular weight is 375 g/mol. The second-order valence-corrected chi connectivity index (χ2v) is 6.48. The van der Waals surface area contributed by atoms with E-state index in [0.717, 1.165) is 0 Å². The van der Waals surface area contributed by atoms with Gasteiger partial charge in [-0.15, -0.1) is 6.42 Å². The molecule has 0 spiro atoms. The quantitative estimate of drug-likeness (QED) is 0.606. The van der Waals surface area contributed by atoms with Gasteiger partial charge in [-0.25, -0.2) is 4.98 Å². The zero-order valence-electron chi connectivity index (χ0n) is 15.0. The molecule has 1 aliphatic heterocycles. The average Bonchev–Trinajstić information content (AvgIpc) is 3.23. The zero-order valence-corrected chi connectivity index (χ0v) is 15.0. The van der Waals surface area contributed by atoms with Gasteiger partial charge in [-0.3, -0.25) is 24.5 Å². The number of rotatable bonds is 6. The predicted octanol–water partition coefficient (Wildman–Crippen LogP) is 0.0123. The van der Waals surface area contributed by atoms with E-state index >= 15 is 0 Å². The molecule has 3 heterocycles. The molecule has 2 aromatic heterocycles. The van der Waals surface area contributed by atoms with Crippen molar-refractivity contribution in [2.24, 2.45) is 5.92 Å². The normalized spacial score (nSPS) is 22.3. The van der Waals surface area contributed by atoms with E-state index in [1.54, 1.807) is 18.4 Å². The molecule has 144 valence electrons. The summed E-state index contributed by atoms with van der Waals surface area (Å²) in [6, 6.07) is 0. The third-order valence-corrected chi connectivity index (χ3v) is 4.25. The number of imidazole rings is 1. The molecule has 0 bridgehead atoms. The molecular weight excluding hydrogens is 354 g/mol. The highest BCUT2D eigenvalue weighted by Gasteiger charge is 2.37. The molecule has 27 heavy (non-hydrogen) atoms. The van der Waals surface area contributed by atoms with Gasteiger partial charge in [0.05, 0.1) is 19.0 Å². The van der Waals surface area contributed by atoms with Crippen LogP contribution in [0.15, 0.2) is 11.1 Å². The molecule has 10 nitrogen and oxygen atoms in total. The number of nitrogens with one attached hydrogen (secondary N) is 2. The topological polar surface area (TPSA) is 131 Å². The summed E-state index contributed by atoms with van der Waals surface area (Å²) in [4.78, 5) is 35.0. The van der Waals surface area contributed by atoms with Crippen molar-refractivity contribution < 1.29 is 19.4 Å². The van der Waals surface area contributed by atoms with Crippen molar-refractivity contribution in [1.82, 2.24) is 19.5 Å². The van der Waals surface area contributed by atoms with Crippen LogP contribution in [-0.2, 0) is 14.3 Å². The van der Waals surface area contributed by atoms with Gasteiger partial charge in [0, 0.05) is 12.3 Å². The lowest BCUT2D eigenvalue weighted by Crippen LogP contribution is -2.27. The second kappa shape index (κ2) is 7.87. The number of H-pyrrole nitrogens is 1. The number of aromatic amines is 1. The van der Waals surface area contributed by atoms with Crippen molar-refractivity contribution in [2.75, 3.05) is 18.5 Å². The smallest absolute Gasteiger partial charge is 0.280 e. The Hall–Kier alpha value is -2.74. The Labute approximate surface area is 154 Å². The third-order valence-electron chi connectivity index (χ3n) is 4.25. The van der Waals surface area contributed by atoms with Crippen LogP contribution in [0, 0.1) is 18.3 Å². The number of carbonyl (C=O) groups is 1. The summed E-state index contributed by atoms with van der Waals surface area (Å²) < 4.78 is 12.9. The maximum absolute atomic E-state index is 12.3. The number of amides is 1. The number of aliphatic hydroxyl groups is 1. The van der Waals surface area contributed by atoms with Gasteiger partial charge in [-0.1, -0.05) is 19.8 Å². The highest BCUT2D eigenvalue weighted by molar-refractivity contribution is 5.91. The monoisotopic (exact) mass is 375 g/mol. The summed E-state index contributed by atoms with van der Waals surface area (Å²) in [5.41, 5.74) is -0.0959. The van der Waals surface area contributed by atoms with Crippen LogP contribution >= 0.6 is 0 Å². The van der Waals surface area contributed by atoms with E-state index in [4.69, 9.17) is 15.9 Å². The number of anilines is 1. The SMILES string of the molecule is C#CCO[C@@H]1C[C@H](n2cnc3c(=O)[nH]c(NC(=O)C(C)C)nc32)O[C@@H]1CO. The van der Waals surface area contributed by atoms with Crippen LogP contribution in [0.2, 0.25) is 0 Å². The number of terminal acetylenes is 1. The summed E-state index contributed by atoms with van der Waals surface area (Å²) in [5, 5.41) is 12.1. The Bertz CT molecular complexity index is 928. The Morgan fingerprint density at radius 3 is 3.07 bits per heavy atom. The molecule has 10 heteroatoms. The molecule has 0 unspecified atom stereocenters. The number of fused-ring (bicyclic) bond motifs is 1. The predicted molar refractivity (Wildman–Crippen MR) is 95.8 cm³/mol. The van der Waals surface area contributed by atoms with Crippen molar-refractivity contribution in [3.63, 3.8) is 0 Å². The molecule has 1 amide bonds. The fourth-order valence-corrected chi connectivity index (χ4v) is 2.82. The molecule has 3 atom stereocenters. The molecule has 0 radical (unpaired) electrons. The minimum Gasteiger partial charge on any atom is -0.394 e. The van der Waals surface area contributed by atoms with E-state index in [-0.39, 0.29) is 42.2 Å². The number of hydrogen-bond donors (Lipinski definition) is 3. The first-order valence-corrected chi connectivity index (χ1v) is 8.53. The second-order valence-electron chi connectivity index (χ2n) is 6.48. The lowest BCUT2D eigenvalue weighted by atomic mass is 10.2. The zero-order chi connectivity index (χ0) is 19.6. The number of carbonyl (C=O) groups excluding carboxylic acids is 1. The molecular formula is C17H21N5O5. The molecule has 2 aromatic rings. The summed E-state index contributed by atoms with van der Waals surface area (Å²) in [6.07, 6.45) is 5.56. The van der Waals surface area contributed by atoms with Crippen LogP contribution in [0.5, 0.6) is 0 Å². The first-order valence-electron chi connectivity index (χ1n) is 8.53. The molecule has 1 fully saturated rings. The van der Waals surface area contributed by atoms with Gasteiger partial charge in [0.25, 0.3) is 5.56 Å². The molecule has 1 saturated heterocycles. The Kier molecular flexibility index (Phi) is 5.55. The lowest BCUT2D eigenvalue weighted by molar-refractivity contribution is -0.118. The highest BCUT2D eigenvalue weighted by Crippen LogP contribution is 2.32. The number of ether oxygens (including phenoxy) is 2. The third kappa shape index (κ3) is 3.85. The van der Waals surface area contributed by atoms with Gasteiger partial charge >= 0.3 is 0 Å². The number of hydrogen-bond acceptors (Lipinski definition) is 7. The van der Waals surface area contributed by atoms with Crippen LogP contribution < -0.4 is 10.9 Å². The van der Waals surface area contributed by atoms with Gasteiger partial charge in [0.1, 0.15) is 18.9 Å². The Balaban J connectivity index is 1.91. The first kappa shape index (κ1) is 19.0. The van der Waals surface area contributed by atoms with Crippen molar-refractivity contribution in [2.45, 2.75) is 38.7 Å². The Morgan fingerprint density at radius 1 is 1.63 bits per heavy atom. The fraction of sp³-hybridized carbons (Fsp3) is 0.529. The van der Waals surface area contributed by atoms with Crippen molar-refractivity contribution in [3.05, 3.63) is 16.7 Å². The minimum absolute atomic E-state index is 0.0322. The van der Waals surface area contributed by atoms with E-state index in [1.807, 2.05) is 0 Å². The summed E-state index contributed by atoms with van der Waals surface area (Å²) in [6.45, 7) is 3.33. The van der Waals surface area contributed by atoms with Crippen LogP contribution in [0.4, 0.5) is 5.95 Å². The molecule has 1 aliphatic rings. The van der Waals surface area contributed by atoms with Gasteiger partial charge in [0.2, 0.25) is 11.9 Å². The van der Waals surface area contributed by atoms with Crippen molar-refractivity contribution in [3.8, 4) is 12.3 Å². The number of aliphatic hydroxyl groups excluding tert-OH is 1. The largest absolute Gasteiger partial charge is 0.394 e. The van der Waals surface area contributed by atoms with E-state index in [1.165, 1.54) is 6.33 Å². The molecule has 0 aliphatic carbocycles. The number of nitrogens with zero attached hydrogens (tertiary/aromatic N) is 3. The van der Waals surface area contributed by atoms with Crippen molar-refractivity contribution in [1.29, 1.82) is 0 Å². The van der Waals surface area contributed by atoms with Crippen LogP contribution in [0.25, 0.3) is 11.2 Å². The van der Waals surface area contributed by atoms with Crippen LogP contribution in [-0.4, -0.2) is 56.0 Å². The summed E-state index contributed by atoms with van der Waals surface area (Å²) >= 11 is 0. The maximum atomic E-state index is 12.3. The fourth-order valence-electron chi connectivity index (χ4n) is 2.82. The molecule has 0 aromatic carbocycles. The van der Waals surface area contributed by atoms with E-state index in [2.05, 4.69) is 26.2 Å². The molecule has 3 rings (SSSR count). The Morgan fingerprint density at radius 2 is 2.41 bits per heavy atom. The van der Waals surface area contributed by atoms with Gasteiger partial charge in [-0.05, 0) is 0 Å². The summed E-state index contributed by atoms with van der Waals surface area (Å²) in [7, 11) is 0.